The molecule has 2 atom stereocenters. The quantitative estimate of drug-likeness (QED) is 0.135. The molecule has 4 rings (SSSR count). The number of benzene rings is 2. The number of pyridine rings is 1. The van der Waals surface area contributed by atoms with Gasteiger partial charge in [0, 0.05) is 30.4 Å². The van der Waals surface area contributed by atoms with Gasteiger partial charge in [-0.15, -0.1) is 0 Å². The number of hydrogen-bond donors (Lipinski definition) is 6. The molecule has 14 heteroatoms. The molecular formula is C31H33N5O9. The molecule has 2 unspecified atom stereocenters. The van der Waals surface area contributed by atoms with E-state index in [2.05, 4.69) is 25.6 Å². The summed E-state index contributed by atoms with van der Waals surface area (Å²) in [6.07, 6.45) is 2.56. The van der Waals surface area contributed by atoms with E-state index in [1.165, 1.54) is 7.11 Å². The number of carboxylic acid groups (broad SMARTS) is 2. The Bertz CT molecular complexity index is 1640. The largest absolute Gasteiger partial charge is 0.479 e. The molecular weight excluding hydrogens is 586 g/mol. The van der Waals surface area contributed by atoms with E-state index in [0.29, 0.717) is 18.1 Å². The lowest BCUT2D eigenvalue weighted by atomic mass is 10.1. The standard InChI is InChI=1S/C27H27N5O3.C4H6O6/c1-18-13-21(8-11-25(18)35-22-9-6-19(2)29-15-22)32-27-23-14-20(7-10-24(23)30-17-31-27)5-4-12-28-26(33)16-34-3;5-1(3(7)8)2(6)4(9)10/h4-11,13-15,17H,12,16H2,1-3H3,(H,28,33)(H,30,31,32);1-2,5-6H,(H,7,8)(H,9,10)/b5-4+;. The van der Waals surface area contributed by atoms with Crippen LogP contribution < -0.4 is 15.4 Å². The highest BCUT2D eigenvalue weighted by molar-refractivity contribution is 5.92. The van der Waals surface area contributed by atoms with Gasteiger partial charge in [0.05, 0.1) is 11.7 Å². The second kappa shape index (κ2) is 16.4. The lowest BCUT2D eigenvalue weighted by molar-refractivity contribution is -0.165. The molecule has 0 aliphatic heterocycles. The Kier molecular flexibility index (Phi) is 12.4. The number of anilines is 2. The summed E-state index contributed by atoms with van der Waals surface area (Å²) < 4.78 is 10.8. The molecule has 0 saturated carbocycles. The van der Waals surface area contributed by atoms with Crippen LogP contribution in [0.5, 0.6) is 11.5 Å². The number of carbonyl (C=O) groups is 3. The maximum Gasteiger partial charge on any atom is 0.335 e. The molecule has 0 radical (unpaired) electrons. The van der Waals surface area contributed by atoms with Gasteiger partial charge in [0.15, 0.2) is 12.2 Å². The van der Waals surface area contributed by atoms with Crippen molar-refractivity contribution >= 4 is 46.3 Å². The lowest BCUT2D eigenvalue weighted by Gasteiger charge is -2.12. The van der Waals surface area contributed by atoms with Crippen LogP contribution in [0.1, 0.15) is 16.8 Å². The third-order valence-electron chi connectivity index (χ3n) is 6.02. The maximum atomic E-state index is 11.5. The SMILES string of the molecule is COCC(=O)NC/C=C/c1ccc2ncnc(Nc3ccc(Oc4ccc(C)nc4)c(C)c3)c2c1.O=C(O)C(O)C(O)C(=O)O. The smallest absolute Gasteiger partial charge is 0.335 e. The van der Waals surface area contributed by atoms with Gasteiger partial charge in [-0.05, 0) is 67.4 Å². The molecule has 14 nitrogen and oxygen atoms in total. The van der Waals surface area contributed by atoms with Gasteiger partial charge in [-0.3, -0.25) is 9.78 Å². The van der Waals surface area contributed by atoms with Gasteiger partial charge in [-0.25, -0.2) is 19.6 Å². The summed E-state index contributed by atoms with van der Waals surface area (Å²) in [6, 6.07) is 15.6. The van der Waals surface area contributed by atoms with E-state index in [9.17, 15) is 14.4 Å². The monoisotopic (exact) mass is 619 g/mol. The van der Waals surface area contributed by atoms with E-state index in [-0.39, 0.29) is 12.5 Å². The van der Waals surface area contributed by atoms with Crippen molar-refractivity contribution in [2.45, 2.75) is 26.1 Å². The number of fused-ring (bicyclic) bond motifs is 1. The molecule has 236 valence electrons. The molecule has 2 aromatic carbocycles. The number of aliphatic carboxylic acids is 2. The topological polar surface area (TPSA) is 213 Å². The van der Waals surface area contributed by atoms with Gasteiger partial charge in [-0.1, -0.05) is 18.2 Å². The van der Waals surface area contributed by atoms with Crippen LogP contribution in [0.25, 0.3) is 17.0 Å². The van der Waals surface area contributed by atoms with Gasteiger partial charge in [0.1, 0.15) is 30.3 Å². The summed E-state index contributed by atoms with van der Waals surface area (Å²) in [5, 5.41) is 39.6. The number of hydrogen-bond acceptors (Lipinski definition) is 11. The highest BCUT2D eigenvalue weighted by Crippen LogP contribution is 2.30. The average Bonchev–Trinajstić information content (AvgIpc) is 3.01. The van der Waals surface area contributed by atoms with Crippen molar-refractivity contribution in [2.24, 2.45) is 0 Å². The van der Waals surface area contributed by atoms with Crippen molar-refractivity contribution in [3.63, 3.8) is 0 Å². The Morgan fingerprint density at radius 1 is 0.933 bits per heavy atom. The molecule has 0 saturated heterocycles. The van der Waals surface area contributed by atoms with E-state index in [0.717, 1.165) is 39.2 Å². The van der Waals surface area contributed by atoms with Crippen molar-refractivity contribution in [3.05, 3.63) is 84.0 Å². The third kappa shape index (κ3) is 10.4. The molecule has 0 aliphatic rings. The van der Waals surface area contributed by atoms with Crippen LogP contribution in [-0.2, 0) is 19.1 Å². The Hall–Kier alpha value is -5.44. The molecule has 4 aromatic rings. The zero-order valence-electron chi connectivity index (χ0n) is 24.7. The first-order valence-electron chi connectivity index (χ1n) is 13.5. The Morgan fingerprint density at radius 2 is 1.67 bits per heavy atom. The molecule has 6 N–H and O–H groups in total. The number of carboxylic acids is 2. The fourth-order valence-corrected chi connectivity index (χ4v) is 3.72. The molecule has 2 heterocycles. The molecule has 0 bridgehead atoms. The number of ether oxygens (including phenoxy) is 2. The molecule has 45 heavy (non-hydrogen) atoms. The van der Waals surface area contributed by atoms with Gasteiger partial charge >= 0.3 is 11.9 Å². The van der Waals surface area contributed by atoms with E-state index in [1.807, 2.05) is 74.5 Å². The minimum atomic E-state index is -2.27. The molecule has 0 spiro atoms. The van der Waals surface area contributed by atoms with Crippen LogP contribution in [-0.4, -0.2) is 85.7 Å². The van der Waals surface area contributed by atoms with Crippen molar-refractivity contribution in [1.29, 1.82) is 0 Å². The van der Waals surface area contributed by atoms with Crippen LogP contribution in [0.4, 0.5) is 11.5 Å². The Balaban J connectivity index is 0.000000477. The van der Waals surface area contributed by atoms with E-state index in [4.69, 9.17) is 29.9 Å². The molecule has 1 amide bonds. The first-order chi connectivity index (χ1) is 21.5. The summed E-state index contributed by atoms with van der Waals surface area (Å²) in [4.78, 5) is 44.1. The van der Waals surface area contributed by atoms with E-state index in [1.54, 1.807) is 12.5 Å². The minimum absolute atomic E-state index is 0.0475. The fourth-order valence-electron chi connectivity index (χ4n) is 3.72. The summed E-state index contributed by atoms with van der Waals surface area (Å²) in [6.45, 7) is 4.40. The zero-order valence-corrected chi connectivity index (χ0v) is 24.7. The number of aromatic nitrogens is 3. The van der Waals surface area contributed by atoms with Crippen molar-refractivity contribution in [1.82, 2.24) is 20.3 Å². The van der Waals surface area contributed by atoms with Crippen molar-refractivity contribution in [2.75, 3.05) is 25.6 Å². The summed E-state index contributed by atoms with van der Waals surface area (Å²) >= 11 is 0. The number of nitrogens with one attached hydrogen (secondary N) is 2. The fraction of sp³-hybridized carbons (Fsp3) is 0.226. The summed E-state index contributed by atoms with van der Waals surface area (Å²) in [7, 11) is 1.49. The highest BCUT2D eigenvalue weighted by atomic mass is 16.5. The number of aliphatic hydroxyl groups is 2. The van der Waals surface area contributed by atoms with E-state index < -0.39 is 24.1 Å². The lowest BCUT2D eigenvalue weighted by Crippen LogP contribution is -2.39. The first kappa shape index (κ1) is 34.1. The number of aryl methyl sites for hydroxylation is 2. The predicted octanol–water partition coefficient (Wildman–Crippen LogP) is 2.83. The number of nitrogens with zero attached hydrogens (tertiary/aromatic N) is 3. The number of amides is 1. The van der Waals surface area contributed by atoms with E-state index >= 15 is 0 Å². The zero-order chi connectivity index (χ0) is 32.9. The van der Waals surface area contributed by atoms with Crippen LogP contribution in [0.2, 0.25) is 0 Å². The van der Waals surface area contributed by atoms with Gasteiger partial charge < -0.3 is 40.5 Å². The number of methoxy groups -OCH3 is 1. The second-order valence-electron chi connectivity index (χ2n) is 9.55. The Labute approximate surface area is 258 Å². The van der Waals surface area contributed by atoms with Crippen LogP contribution in [0.15, 0.2) is 67.1 Å². The minimum Gasteiger partial charge on any atom is -0.479 e. The predicted molar refractivity (Wildman–Crippen MR) is 164 cm³/mol. The summed E-state index contributed by atoms with van der Waals surface area (Å²) in [5.74, 6) is -1.53. The first-order valence-corrected chi connectivity index (χ1v) is 13.5. The summed E-state index contributed by atoms with van der Waals surface area (Å²) in [5.41, 5.74) is 4.62. The van der Waals surface area contributed by atoms with Crippen LogP contribution in [0.3, 0.4) is 0 Å². The average molecular weight is 620 g/mol. The van der Waals surface area contributed by atoms with Crippen LogP contribution in [0, 0.1) is 13.8 Å². The molecule has 0 aliphatic carbocycles. The van der Waals surface area contributed by atoms with Crippen LogP contribution >= 0.6 is 0 Å². The van der Waals surface area contributed by atoms with Gasteiger partial charge in [0.25, 0.3) is 0 Å². The normalized spacial score (nSPS) is 12.1. The number of carbonyl (C=O) groups excluding carboxylic acids is 1. The Morgan fingerprint density at radius 3 is 2.29 bits per heavy atom. The molecule has 0 fully saturated rings. The van der Waals surface area contributed by atoms with Crippen molar-refractivity contribution in [3.8, 4) is 11.5 Å². The second-order valence-corrected chi connectivity index (χ2v) is 9.55. The third-order valence-corrected chi connectivity index (χ3v) is 6.02. The molecule has 2 aromatic heterocycles. The highest BCUT2D eigenvalue weighted by Gasteiger charge is 2.29. The van der Waals surface area contributed by atoms with Gasteiger partial charge in [-0.2, -0.15) is 0 Å². The van der Waals surface area contributed by atoms with Crippen molar-refractivity contribution < 1.29 is 44.3 Å². The number of rotatable bonds is 12. The number of aliphatic hydroxyl groups excluding tert-OH is 2. The van der Waals surface area contributed by atoms with Gasteiger partial charge in [0.2, 0.25) is 5.91 Å². The maximum absolute atomic E-state index is 11.5.